The summed E-state index contributed by atoms with van der Waals surface area (Å²) in [6.45, 7) is 0. The maximum atomic E-state index is 12.4. The quantitative estimate of drug-likeness (QED) is 0.335. The highest BCUT2D eigenvalue weighted by Crippen LogP contribution is 2.31. The Bertz CT molecular complexity index is 557. The molecule has 20 heavy (non-hydrogen) atoms. The molecule has 1 aliphatic rings. The van der Waals surface area contributed by atoms with Crippen molar-refractivity contribution in [2.75, 3.05) is 0 Å². The lowest BCUT2D eigenvalue weighted by molar-refractivity contribution is 0.0923. The minimum Gasteiger partial charge on any atom is -0.409 e. The molecular weight excluding hydrogens is 346 g/mol. The summed E-state index contributed by atoms with van der Waals surface area (Å²) in [5.41, 5.74) is 5.34. The highest BCUT2D eigenvalue weighted by molar-refractivity contribution is 9.10. The zero-order valence-electron chi connectivity index (χ0n) is 10.7. The Morgan fingerprint density at radius 3 is 2.65 bits per heavy atom. The van der Waals surface area contributed by atoms with Crippen molar-refractivity contribution in [2.45, 2.75) is 31.2 Å². The largest absolute Gasteiger partial charge is 0.409 e. The van der Waals surface area contributed by atoms with Crippen LogP contribution in [0.15, 0.2) is 27.8 Å². The summed E-state index contributed by atoms with van der Waals surface area (Å²) < 4.78 is 0.797. The van der Waals surface area contributed by atoms with Crippen LogP contribution in [0, 0.1) is 0 Å². The fourth-order valence-corrected chi connectivity index (χ4v) is 3.24. The number of halogens is 2. The first-order valence-corrected chi connectivity index (χ1v) is 7.41. The number of amidine groups is 1. The fraction of sp³-hybridized carbons (Fsp3) is 0.385. The molecule has 2 rings (SSSR count). The summed E-state index contributed by atoms with van der Waals surface area (Å²) in [6.07, 6.45) is 3.15. The first kappa shape index (κ1) is 15.1. The molecule has 108 valence electrons. The van der Waals surface area contributed by atoms with E-state index in [0.717, 1.165) is 17.3 Å². The van der Waals surface area contributed by atoms with Crippen LogP contribution in [0.4, 0.5) is 0 Å². The van der Waals surface area contributed by atoms with E-state index in [2.05, 4.69) is 26.4 Å². The van der Waals surface area contributed by atoms with E-state index in [4.69, 9.17) is 22.5 Å². The van der Waals surface area contributed by atoms with E-state index >= 15 is 0 Å². The molecule has 0 bridgehead atoms. The van der Waals surface area contributed by atoms with Crippen LogP contribution in [0.1, 0.15) is 36.0 Å². The highest BCUT2D eigenvalue weighted by atomic mass is 79.9. The number of amides is 1. The second kappa shape index (κ2) is 6.01. The third-order valence-corrected chi connectivity index (χ3v) is 4.39. The van der Waals surface area contributed by atoms with E-state index in [1.54, 1.807) is 18.2 Å². The van der Waals surface area contributed by atoms with Gasteiger partial charge in [-0.05, 0) is 31.0 Å². The Labute approximate surface area is 130 Å². The third-order valence-electron chi connectivity index (χ3n) is 3.58. The molecule has 0 spiro atoms. The van der Waals surface area contributed by atoms with Crippen molar-refractivity contribution in [1.82, 2.24) is 5.32 Å². The van der Waals surface area contributed by atoms with Crippen molar-refractivity contribution >= 4 is 39.3 Å². The minimum atomic E-state index is -0.776. The monoisotopic (exact) mass is 359 g/mol. The number of oxime groups is 1. The zero-order chi connectivity index (χ0) is 14.8. The molecular formula is C13H15BrClN3O2. The van der Waals surface area contributed by atoms with Gasteiger partial charge in [-0.3, -0.25) is 4.79 Å². The summed E-state index contributed by atoms with van der Waals surface area (Å²) in [4.78, 5) is 12.4. The van der Waals surface area contributed by atoms with Crippen molar-refractivity contribution in [1.29, 1.82) is 0 Å². The SMILES string of the molecule is N/C(=N/O)C1(NC(=O)c2ccc(Br)cc2Cl)CCCC1. The first-order valence-electron chi connectivity index (χ1n) is 6.24. The molecule has 0 aromatic heterocycles. The third kappa shape index (κ3) is 2.91. The smallest absolute Gasteiger partial charge is 0.253 e. The molecule has 1 aliphatic carbocycles. The van der Waals surface area contributed by atoms with Gasteiger partial charge in [0.25, 0.3) is 5.91 Å². The van der Waals surface area contributed by atoms with E-state index in [1.807, 2.05) is 0 Å². The first-order chi connectivity index (χ1) is 9.48. The summed E-state index contributed by atoms with van der Waals surface area (Å²) in [5.74, 6) is -0.285. The number of benzene rings is 1. The number of hydrogen-bond acceptors (Lipinski definition) is 3. The van der Waals surface area contributed by atoms with Gasteiger partial charge in [-0.15, -0.1) is 0 Å². The van der Waals surface area contributed by atoms with Crippen molar-refractivity contribution in [3.05, 3.63) is 33.3 Å². The molecule has 0 saturated heterocycles. The van der Waals surface area contributed by atoms with Crippen LogP contribution in [0.2, 0.25) is 5.02 Å². The van der Waals surface area contributed by atoms with E-state index in [9.17, 15) is 4.79 Å². The molecule has 0 atom stereocenters. The van der Waals surface area contributed by atoms with Crippen LogP contribution in [-0.2, 0) is 0 Å². The number of nitrogens with one attached hydrogen (secondary N) is 1. The van der Waals surface area contributed by atoms with Crippen molar-refractivity contribution in [3.63, 3.8) is 0 Å². The summed E-state index contributed by atoms with van der Waals surface area (Å²) in [6, 6.07) is 5.03. The van der Waals surface area contributed by atoms with Gasteiger partial charge in [0.2, 0.25) is 0 Å². The number of rotatable bonds is 3. The predicted octanol–water partition coefficient (Wildman–Crippen LogP) is 2.89. The lowest BCUT2D eigenvalue weighted by atomic mass is 9.95. The van der Waals surface area contributed by atoms with Crippen LogP contribution < -0.4 is 11.1 Å². The van der Waals surface area contributed by atoms with Gasteiger partial charge >= 0.3 is 0 Å². The van der Waals surface area contributed by atoms with Crippen molar-refractivity contribution in [2.24, 2.45) is 10.9 Å². The van der Waals surface area contributed by atoms with E-state index in [0.29, 0.717) is 23.4 Å². The number of nitrogens with two attached hydrogens (primary N) is 1. The second-order valence-corrected chi connectivity index (χ2v) is 6.18. The Hall–Kier alpha value is -1.27. The van der Waals surface area contributed by atoms with Crippen LogP contribution in [-0.4, -0.2) is 22.5 Å². The van der Waals surface area contributed by atoms with Gasteiger partial charge in [0, 0.05) is 4.47 Å². The lowest BCUT2D eigenvalue weighted by Crippen LogP contribution is -2.55. The maximum absolute atomic E-state index is 12.4. The van der Waals surface area contributed by atoms with Crippen LogP contribution in [0.5, 0.6) is 0 Å². The minimum absolute atomic E-state index is 0.0385. The molecule has 7 heteroatoms. The highest BCUT2D eigenvalue weighted by Gasteiger charge is 2.40. The number of hydrogen-bond donors (Lipinski definition) is 3. The van der Waals surface area contributed by atoms with Crippen molar-refractivity contribution < 1.29 is 10.0 Å². The van der Waals surface area contributed by atoms with E-state index in [1.165, 1.54) is 0 Å². The van der Waals surface area contributed by atoms with Gasteiger partial charge in [0.1, 0.15) is 5.54 Å². The molecule has 4 N–H and O–H groups in total. The van der Waals surface area contributed by atoms with Crippen LogP contribution in [0.25, 0.3) is 0 Å². The van der Waals surface area contributed by atoms with E-state index in [-0.39, 0.29) is 11.7 Å². The number of carbonyl (C=O) groups excluding carboxylic acids is 1. The Morgan fingerprint density at radius 1 is 1.45 bits per heavy atom. The van der Waals surface area contributed by atoms with Gasteiger partial charge in [-0.25, -0.2) is 0 Å². The standard InChI is InChI=1S/C13H15BrClN3O2/c14-8-3-4-9(10(15)7-8)11(19)17-13(12(16)18-20)5-1-2-6-13/h3-4,7,20H,1-2,5-6H2,(H2,16,18)(H,17,19). The van der Waals surface area contributed by atoms with E-state index < -0.39 is 5.54 Å². The lowest BCUT2D eigenvalue weighted by Gasteiger charge is -2.28. The van der Waals surface area contributed by atoms with Crippen LogP contribution >= 0.6 is 27.5 Å². The number of carbonyl (C=O) groups is 1. The Morgan fingerprint density at radius 2 is 2.10 bits per heavy atom. The predicted molar refractivity (Wildman–Crippen MR) is 81.2 cm³/mol. The van der Waals surface area contributed by atoms with Gasteiger partial charge in [0.05, 0.1) is 10.6 Å². The summed E-state index contributed by atoms with van der Waals surface area (Å²) in [5, 5.41) is 15.2. The molecule has 0 unspecified atom stereocenters. The second-order valence-electron chi connectivity index (χ2n) is 4.85. The number of nitrogens with zero attached hydrogens (tertiary/aromatic N) is 1. The van der Waals surface area contributed by atoms with Gasteiger partial charge in [-0.1, -0.05) is 45.5 Å². The maximum Gasteiger partial charge on any atom is 0.253 e. The molecule has 1 aromatic rings. The molecule has 0 radical (unpaired) electrons. The normalized spacial score (nSPS) is 18.0. The topological polar surface area (TPSA) is 87.7 Å². The molecule has 5 nitrogen and oxygen atoms in total. The van der Waals surface area contributed by atoms with Gasteiger partial charge in [0.15, 0.2) is 5.84 Å². The average Bonchev–Trinajstić information content (AvgIpc) is 2.87. The summed E-state index contributed by atoms with van der Waals surface area (Å²) >= 11 is 9.36. The zero-order valence-corrected chi connectivity index (χ0v) is 13.0. The summed E-state index contributed by atoms with van der Waals surface area (Å²) in [7, 11) is 0. The molecule has 1 fully saturated rings. The van der Waals surface area contributed by atoms with Gasteiger partial charge < -0.3 is 16.3 Å². The molecule has 1 saturated carbocycles. The molecule has 1 aromatic carbocycles. The molecule has 1 amide bonds. The molecule has 0 aliphatic heterocycles. The van der Waals surface area contributed by atoms with Crippen molar-refractivity contribution in [3.8, 4) is 0 Å². The Kier molecular flexibility index (Phi) is 4.55. The Balaban J connectivity index is 2.25. The van der Waals surface area contributed by atoms with Crippen LogP contribution in [0.3, 0.4) is 0 Å². The molecule has 0 heterocycles. The van der Waals surface area contributed by atoms with Gasteiger partial charge in [-0.2, -0.15) is 0 Å². The average molecular weight is 361 g/mol. The fourth-order valence-electron chi connectivity index (χ4n) is 2.48.